The van der Waals surface area contributed by atoms with Crippen LogP contribution in [0.15, 0.2) is 54.6 Å². The van der Waals surface area contributed by atoms with Crippen molar-refractivity contribution < 1.29 is 14.3 Å². The summed E-state index contributed by atoms with van der Waals surface area (Å²) < 4.78 is 5.29. The van der Waals surface area contributed by atoms with Gasteiger partial charge in [-0.1, -0.05) is 30.3 Å². The average molecular weight is 308 g/mol. The highest BCUT2D eigenvalue weighted by molar-refractivity contribution is 6.09. The van der Waals surface area contributed by atoms with Crippen LogP contribution < -0.4 is 10.1 Å². The molecule has 0 aromatic heterocycles. The normalized spacial score (nSPS) is 11.1. The van der Waals surface area contributed by atoms with Crippen LogP contribution in [-0.2, 0) is 9.59 Å². The molecular formula is C18H16N2O3. The molecule has 0 saturated heterocycles. The maximum atomic E-state index is 12.1. The molecule has 5 heteroatoms. The summed E-state index contributed by atoms with van der Waals surface area (Å²) in [6.07, 6.45) is 0. The topological polar surface area (TPSA) is 79.2 Å². The predicted octanol–water partition coefficient (Wildman–Crippen LogP) is 2.72. The molecule has 0 bridgehead atoms. The van der Waals surface area contributed by atoms with Gasteiger partial charge < -0.3 is 10.1 Å². The number of anilines is 1. The molecule has 5 nitrogen and oxygen atoms in total. The Bertz CT molecular complexity index is 735. The summed E-state index contributed by atoms with van der Waals surface area (Å²) >= 11 is 0. The van der Waals surface area contributed by atoms with Crippen LogP contribution in [0.25, 0.3) is 0 Å². The monoisotopic (exact) mass is 308 g/mol. The Morgan fingerprint density at radius 1 is 1.17 bits per heavy atom. The second-order valence-corrected chi connectivity index (χ2v) is 4.99. The summed E-state index contributed by atoms with van der Waals surface area (Å²) in [4.78, 5) is 24.1. The Kier molecular flexibility index (Phi) is 5.48. The molecule has 23 heavy (non-hydrogen) atoms. The lowest BCUT2D eigenvalue weighted by Gasteiger charge is -2.11. The highest BCUT2D eigenvalue weighted by Crippen LogP contribution is 2.13. The molecule has 1 amide bonds. The molecule has 0 aliphatic rings. The second-order valence-electron chi connectivity index (χ2n) is 4.99. The van der Waals surface area contributed by atoms with Gasteiger partial charge in [-0.05, 0) is 36.8 Å². The van der Waals surface area contributed by atoms with Crippen molar-refractivity contribution in [3.8, 4) is 11.8 Å². The number of ether oxygens (including phenoxy) is 1. The van der Waals surface area contributed by atoms with Gasteiger partial charge in [0.25, 0.3) is 0 Å². The third-order valence-electron chi connectivity index (χ3n) is 3.12. The zero-order valence-corrected chi connectivity index (χ0v) is 12.7. The summed E-state index contributed by atoms with van der Waals surface area (Å²) in [5, 5.41) is 11.7. The number of rotatable bonds is 6. The largest absolute Gasteiger partial charge is 0.486 e. The highest BCUT2D eigenvalue weighted by atomic mass is 16.5. The first-order chi connectivity index (χ1) is 11.1. The summed E-state index contributed by atoms with van der Waals surface area (Å²) in [6, 6.07) is 17.6. The number of aryl methyl sites for hydroxylation is 1. The first-order valence-electron chi connectivity index (χ1n) is 7.08. The quantitative estimate of drug-likeness (QED) is 0.832. The number of ketones is 1. The molecule has 0 radical (unpaired) electrons. The third-order valence-corrected chi connectivity index (χ3v) is 3.12. The van der Waals surface area contributed by atoms with Crippen LogP contribution in [0.4, 0.5) is 5.69 Å². The minimum atomic E-state index is -1.40. The first-order valence-corrected chi connectivity index (χ1v) is 7.08. The number of hydrogen-bond donors (Lipinski definition) is 1. The number of carbonyl (C=O) groups excluding carboxylic acids is 2. The first kappa shape index (κ1) is 16.2. The van der Waals surface area contributed by atoms with Crippen LogP contribution in [0.2, 0.25) is 0 Å². The lowest BCUT2D eigenvalue weighted by atomic mass is 10.1. The van der Waals surface area contributed by atoms with E-state index in [2.05, 4.69) is 5.32 Å². The van der Waals surface area contributed by atoms with Gasteiger partial charge in [-0.15, -0.1) is 0 Å². The number of amides is 1. The van der Waals surface area contributed by atoms with Crippen LogP contribution in [0.1, 0.15) is 5.56 Å². The maximum absolute atomic E-state index is 12.1. The SMILES string of the molecule is Cc1cccc(NC(=O)C(C#N)C(=O)COc2ccccc2)c1. The molecular weight excluding hydrogens is 292 g/mol. The van der Waals surface area contributed by atoms with Crippen molar-refractivity contribution in [1.29, 1.82) is 5.26 Å². The Morgan fingerprint density at radius 3 is 2.57 bits per heavy atom. The van der Waals surface area contributed by atoms with E-state index in [0.29, 0.717) is 11.4 Å². The Labute approximate surface area is 134 Å². The summed E-state index contributed by atoms with van der Waals surface area (Å²) in [5.41, 5.74) is 1.52. The van der Waals surface area contributed by atoms with Crippen molar-refractivity contribution in [3.05, 3.63) is 60.2 Å². The van der Waals surface area contributed by atoms with E-state index < -0.39 is 17.6 Å². The minimum Gasteiger partial charge on any atom is -0.486 e. The van der Waals surface area contributed by atoms with Crippen molar-refractivity contribution in [2.75, 3.05) is 11.9 Å². The van der Waals surface area contributed by atoms with Gasteiger partial charge in [0.15, 0.2) is 11.7 Å². The number of hydrogen-bond acceptors (Lipinski definition) is 4. The van der Waals surface area contributed by atoms with E-state index in [1.807, 2.05) is 19.1 Å². The molecule has 2 aromatic carbocycles. The summed E-state index contributed by atoms with van der Waals surface area (Å²) in [5.74, 6) is -2.13. The van der Waals surface area contributed by atoms with Gasteiger partial charge in [0, 0.05) is 5.69 Å². The molecule has 2 aromatic rings. The smallest absolute Gasteiger partial charge is 0.249 e. The minimum absolute atomic E-state index is 0.330. The third kappa shape index (κ3) is 4.68. The maximum Gasteiger partial charge on any atom is 0.249 e. The molecule has 0 saturated carbocycles. The molecule has 2 rings (SSSR count). The molecule has 1 atom stereocenters. The van der Waals surface area contributed by atoms with Gasteiger partial charge in [0.2, 0.25) is 5.91 Å². The van der Waals surface area contributed by atoms with Crippen LogP contribution in [-0.4, -0.2) is 18.3 Å². The van der Waals surface area contributed by atoms with Gasteiger partial charge in [0.1, 0.15) is 12.4 Å². The van der Waals surface area contributed by atoms with Crippen molar-refractivity contribution in [2.45, 2.75) is 6.92 Å². The van der Waals surface area contributed by atoms with E-state index in [-0.39, 0.29) is 6.61 Å². The van der Waals surface area contributed by atoms with E-state index in [1.165, 1.54) is 0 Å². The molecule has 0 spiro atoms. The van der Waals surface area contributed by atoms with Crippen molar-refractivity contribution in [2.24, 2.45) is 5.92 Å². The molecule has 0 aliphatic carbocycles. The van der Waals surface area contributed by atoms with E-state index >= 15 is 0 Å². The fraction of sp³-hybridized carbons (Fsp3) is 0.167. The lowest BCUT2D eigenvalue weighted by molar-refractivity contribution is -0.130. The Balaban J connectivity index is 1.96. The molecule has 0 fully saturated rings. The molecule has 1 unspecified atom stereocenters. The van der Waals surface area contributed by atoms with E-state index in [9.17, 15) is 9.59 Å². The van der Waals surface area contributed by atoms with E-state index in [1.54, 1.807) is 48.5 Å². The van der Waals surface area contributed by atoms with Crippen LogP contribution in [0.5, 0.6) is 5.75 Å². The van der Waals surface area contributed by atoms with Gasteiger partial charge >= 0.3 is 0 Å². The number of nitrogens with one attached hydrogen (secondary N) is 1. The Hall–Kier alpha value is -3.13. The van der Waals surface area contributed by atoms with Crippen LogP contribution in [0.3, 0.4) is 0 Å². The predicted molar refractivity (Wildman–Crippen MR) is 85.9 cm³/mol. The highest BCUT2D eigenvalue weighted by Gasteiger charge is 2.26. The van der Waals surface area contributed by atoms with Crippen LogP contribution >= 0.6 is 0 Å². The van der Waals surface area contributed by atoms with Gasteiger partial charge in [-0.2, -0.15) is 5.26 Å². The second kappa shape index (κ2) is 7.76. The van der Waals surface area contributed by atoms with Gasteiger partial charge in [0.05, 0.1) is 6.07 Å². The zero-order chi connectivity index (χ0) is 16.7. The fourth-order valence-electron chi connectivity index (χ4n) is 1.97. The van der Waals surface area contributed by atoms with Crippen molar-refractivity contribution >= 4 is 17.4 Å². The number of nitrogens with zero attached hydrogens (tertiary/aromatic N) is 1. The van der Waals surface area contributed by atoms with E-state index in [4.69, 9.17) is 10.00 Å². The lowest BCUT2D eigenvalue weighted by Crippen LogP contribution is -2.31. The van der Waals surface area contributed by atoms with Crippen molar-refractivity contribution in [1.82, 2.24) is 0 Å². The van der Waals surface area contributed by atoms with Crippen molar-refractivity contribution in [3.63, 3.8) is 0 Å². The molecule has 0 aliphatic heterocycles. The molecule has 1 N–H and O–H groups in total. The number of benzene rings is 2. The number of carbonyl (C=O) groups is 2. The molecule has 0 heterocycles. The van der Waals surface area contributed by atoms with E-state index in [0.717, 1.165) is 5.56 Å². The number of nitriles is 1. The van der Waals surface area contributed by atoms with Gasteiger partial charge in [-0.25, -0.2) is 0 Å². The molecule has 116 valence electrons. The average Bonchev–Trinajstić information content (AvgIpc) is 2.54. The van der Waals surface area contributed by atoms with Crippen LogP contribution in [0, 0.1) is 24.2 Å². The summed E-state index contributed by atoms with van der Waals surface area (Å²) in [7, 11) is 0. The zero-order valence-electron chi connectivity index (χ0n) is 12.7. The summed E-state index contributed by atoms with van der Waals surface area (Å²) in [6.45, 7) is 1.56. The van der Waals surface area contributed by atoms with Gasteiger partial charge in [-0.3, -0.25) is 9.59 Å². The standard InChI is InChI=1S/C18H16N2O3/c1-13-6-5-7-14(10-13)20-18(22)16(11-19)17(21)12-23-15-8-3-2-4-9-15/h2-10,16H,12H2,1H3,(H,20,22). The number of Topliss-reactive ketones (excluding diaryl/α,β-unsaturated/α-hetero) is 1. The Morgan fingerprint density at radius 2 is 1.91 bits per heavy atom. The number of para-hydroxylation sites is 1. The fourth-order valence-corrected chi connectivity index (χ4v) is 1.97.